The van der Waals surface area contributed by atoms with Crippen molar-refractivity contribution >= 4 is 130 Å². The fourth-order valence-corrected chi connectivity index (χ4v) is 24.7. The molecular formula is C135H106B2N4O. The fraction of sp³-hybridized carbons (Fsp3) is 0.126. The Hall–Kier alpha value is -16.2. The molecule has 1 spiro atoms. The third kappa shape index (κ3) is 12.8. The summed E-state index contributed by atoms with van der Waals surface area (Å²) in [5.74, 6) is 1.45. The molecule has 0 bridgehead atoms. The van der Waals surface area contributed by atoms with Gasteiger partial charge >= 0.3 is 0 Å². The second kappa shape index (κ2) is 31.4. The maximum Gasteiger partial charge on any atom is 0.256 e. The Morgan fingerprint density at radius 1 is 0.254 bits per heavy atom. The number of hydrogen-bond donors (Lipinski definition) is 0. The molecule has 21 aromatic rings. The van der Waals surface area contributed by atoms with Crippen molar-refractivity contribution in [1.82, 2.24) is 4.57 Å². The van der Waals surface area contributed by atoms with Crippen molar-refractivity contribution in [3.05, 3.63) is 469 Å². The van der Waals surface area contributed by atoms with E-state index in [0.717, 1.165) is 184 Å². The monoisotopic (exact) mass is 1830 g/mol. The van der Waals surface area contributed by atoms with Crippen LogP contribution >= 0.6 is 0 Å². The van der Waals surface area contributed by atoms with Crippen molar-refractivity contribution < 1.29 is 11.6 Å². The zero-order valence-corrected chi connectivity index (χ0v) is 81.9. The van der Waals surface area contributed by atoms with E-state index in [0.29, 0.717) is 11.3 Å². The van der Waals surface area contributed by atoms with Crippen LogP contribution in [-0.2, 0) is 27.1 Å². The molecule has 6 aliphatic rings. The lowest BCUT2D eigenvalue weighted by molar-refractivity contribution is 0.488. The van der Waals surface area contributed by atoms with E-state index >= 15 is 0 Å². The minimum atomic E-state index is -0.635. The van der Waals surface area contributed by atoms with E-state index in [9.17, 15) is 2.74 Å². The van der Waals surface area contributed by atoms with Crippen LogP contribution < -0.4 is 52.2 Å². The van der Waals surface area contributed by atoms with Gasteiger partial charge in [-0.15, -0.1) is 0 Å². The summed E-state index contributed by atoms with van der Waals surface area (Å²) in [4.78, 5) is 7.73. The Balaban J connectivity index is 0.770. The normalized spacial score (nSPS) is 14.3. The van der Waals surface area contributed by atoms with Crippen LogP contribution in [0, 0.1) is 0 Å². The number of hydrogen-bond acceptors (Lipinski definition) is 4. The summed E-state index contributed by atoms with van der Waals surface area (Å²) in [7, 11) is 0. The SMILES string of the molecule is [2H]c1c([2H])c([2H])c(-c2ccc(N3c4cc5c(cc4B4c6ccccc6N(c6c(-c7ccccc7)cc(C(C)(C)C)cc6-c6ccccc6)c6cc(-n7c8ccc(C(C)(C)C)cc8c8cc(C(C)(C)C)ccc87)cc3c64)B3c4ccccc4N(c4c(-c6ccccc6)cc(C(C)(C)C)cc4-c4ccccc4)c4c3c(cc3cc(-c6cccc7c6C6(c8ccccc8-c8ccccc86)c6ccccc6-7)ccc43)O5)cc2)c([2H])c1[2H]. The highest BCUT2D eigenvalue weighted by Crippen LogP contribution is 2.66. The van der Waals surface area contributed by atoms with Crippen molar-refractivity contribution in [2.45, 2.75) is 110 Å². The van der Waals surface area contributed by atoms with E-state index in [-0.39, 0.29) is 39.3 Å². The molecular weight excluding hydrogens is 1720 g/mol. The van der Waals surface area contributed by atoms with E-state index < -0.39 is 37.0 Å². The van der Waals surface area contributed by atoms with Gasteiger partial charge in [-0.3, -0.25) is 0 Å². The summed E-state index contributed by atoms with van der Waals surface area (Å²) in [5, 5.41) is 4.41. The first-order valence-corrected chi connectivity index (χ1v) is 50.1. The molecule has 2 aliphatic carbocycles. The quantitative estimate of drug-likeness (QED) is 0.127. The second-order valence-corrected chi connectivity index (χ2v) is 43.8. The van der Waals surface area contributed by atoms with Gasteiger partial charge in [-0.1, -0.05) is 404 Å². The van der Waals surface area contributed by atoms with Gasteiger partial charge in [-0.25, -0.2) is 0 Å². The number of anilines is 9. The highest BCUT2D eigenvalue weighted by Gasteiger charge is 2.54. The maximum absolute atomic E-state index is 9.53. The predicted molar refractivity (Wildman–Crippen MR) is 602 cm³/mol. The lowest BCUT2D eigenvalue weighted by Crippen LogP contribution is -2.64. The first-order chi connectivity index (χ1) is 71.1. The Morgan fingerprint density at radius 2 is 0.683 bits per heavy atom. The van der Waals surface area contributed by atoms with E-state index in [1.54, 1.807) is 0 Å². The van der Waals surface area contributed by atoms with Crippen LogP contribution in [0.2, 0.25) is 0 Å². The van der Waals surface area contributed by atoms with E-state index in [2.05, 4.69) is 485 Å². The second-order valence-electron chi connectivity index (χ2n) is 43.8. The molecule has 27 rings (SSSR count). The van der Waals surface area contributed by atoms with Crippen molar-refractivity contribution in [1.29, 1.82) is 0 Å². The van der Waals surface area contributed by atoms with Gasteiger partial charge in [0.1, 0.15) is 11.5 Å². The van der Waals surface area contributed by atoms with Gasteiger partial charge in [0.25, 0.3) is 13.4 Å². The molecule has 1 aromatic heterocycles. The number of aromatic nitrogens is 1. The van der Waals surface area contributed by atoms with Crippen LogP contribution in [0.15, 0.2) is 425 Å². The van der Waals surface area contributed by atoms with Crippen LogP contribution in [0.5, 0.6) is 11.5 Å². The summed E-state index contributed by atoms with van der Waals surface area (Å²) in [6, 6.07) is 147. The van der Waals surface area contributed by atoms with E-state index in [1.165, 1.54) is 66.8 Å². The molecule has 0 saturated carbocycles. The number of benzene rings is 20. The van der Waals surface area contributed by atoms with Gasteiger partial charge in [-0.05, 0) is 268 Å². The largest absolute Gasteiger partial charge is 0.458 e. The molecule has 0 saturated heterocycles. The molecule has 0 N–H and O–H groups in total. The number of fused-ring (bicyclic) bond motifs is 23. The zero-order chi connectivity index (χ0) is 100. The average molecular weight is 1830 g/mol. The highest BCUT2D eigenvalue weighted by atomic mass is 16.5. The molecule has 0 radical (unpaired) electrons. The molecule has 678 valence electrons. The average Bonchev–Trinajstić information content (AvgIpc) is 1.61. The third-order valence-corrected chi connectivity index (χ3v) is 31.5. The molecule has 7 heteroatoms. The first-order valence-electron chi connectivity index (χ1n) is 52.6. The fourth-order valence-electron chi connectivity index (χ4n) is 24.7. The minimum Gasteiger partial charge on any atom is -0.458 e. The molecule has 0 unspecified atom stereocenters. The highest BCUT2D eigenvalue weighted by molar-refractivity contribution is 7.03. The van der Waals surface area contributed by atoms with Crippen molar-refractivity contribution in [3.63, 3.8) is 0 Å². The van der Waals surface area contributed by atoms with Crippen LogP contribution in [-0.4, -0.2) is 18.0 Å². The molecule has 5 heterocycles. The van der Waals surface area contributed by atoms with Crippen molar-refractivity contribution in [3.8, 4) is 106 Å². The number of ether oxygens (including phenoxy) is 1. The molecule has 5 nitrogen and oxygen atoms in total. The topological polar surface area (TPSA) is 23.9 Å². The maximum atomic E-state index is 9.53. The Morgan fingerprint density at radius 3 is 1.19 bits per heavy atom. The van der Waals surface area contributed by atoms with Crippen LogP contribution in [0.3, 0.4) is 0 Å². The molecule has 142 heavy (non-hydrogen) atoms. The summed E-state index contributed by atoms with van der Waals surface area (Å²) in [6.07, 6.45) is 0. The number of rotatable bonds is 10. The van der Waals surface area contributed by atoms with Crippen LogP contribution in [0.1, 0.15) is 134 Å². The summed E-state index contributed by atoms with van der Waals surface area (Å²) in [6.45, 7) is 26.9. The first kappa shape index (κ1) is 79.7. The predicted octanol–water partition coefficient (Wildman–Crippen LogP) is 32.0. The van der Waals surface area contributed by atoms with Gasteiger partial charge < -0.3 is 24.0 Å². The third-order valence-electron chi connectivity index (χ3n) is 31.5. The molecule has 4 aliphatic heterocycles. The van der Waals surface area contributed by atoms with Gasteiger partial charge in [-0.2, -0.15) is 0 Å². The van der Waals surface area contributed by atoms with Gasteiger partial charge in [0, 0.05) is 78.6 Å². The van der Waals surface area contributed by atoms with Crippen molar-refractivity contribution in [2.24, 2.45) is 0 Å². The Bertz CT molecular complexity index is 8920. The van der Waals surface area contributed by atoms with Gasteiger partial charge in [0.15, 0.2) is 0 Å². The lowest BCUT2D eigenvalue weighted by atomic mass is 9.30. The zero-order valence-electron chi connectivity index (χ0n) is 86.9. The van der Waals surface area contributed by atoms with Crippen molar-refractivity contribution in [2.75, 3.05) is 14.7 Å². The molecule has 20 aromatic carbocycles. The summed E-state index contributed by atoms with van der Waals surface area (Å²) in [5.41, 5.74) is 43.5. The lowest BCUT2D eigenvalue weighted by Gasteiger charge is -2.46. The number of nitrogens with zero attached hydrogens (tertiary/aromatic N) is 4. The summed E-state index contributed by atoms with van der Waals surface area (Å²) < 4.78 is 57.0. The van der Waals surface area contributed by atoms with Gasteiger partial charge in [0.05, 0.1) is 46.1 Å². The standard InChI is InChI=1S/C135H106B2N4O/c1-131(2,3)91-64-69-116-107(73-91)108-74-92(132(4,5)6)65-70-117(108)139(116)96-79-121-126-122(80-96)140(128-103(85-41-20-14-21-42-85)75-93(133(7,8)9)76-104(128)86-43-22-15-23-44-86)118-59-36-34-57-112(118)136(126)114-81-115-123(82-120(114)138(121)95-66-61-84(62-67-95)83-39-18-13-19-40-83)142-124-72-90-71-89(97-52-38-53-102-101-51-30-33-56-111(101)135(125(97)102)109-54-31-28-49-99(109)100-50-29-32-55-110(100)135)63-68-98(90)130-127(124)137(115)113-58-35-37-60-119(113)141(130)129-105(87-45-24-16-25-46-87)77-94(134(10,11)12)78-106(129)88-47-26-17-27-48-88/h13-82H,1-12H3/i13D,18D,19D,39D,40D. The Kier molecular flexibility index (Phi) is 17.6. The summed E-state index contributed by atoms with van der Waals surface area (Å²) >= 11 is 0. The molecule has 0 fully saturated rings. The van der Waals surface area contributed by atoms with Crippen LogP contribution in [0.25, 0.3) is 127 Å². The molecule has 0 atom stereocenters. The molecule has 0 amide bonds. The Labute approximate surface area is 840 Å². The van der Waals surface area contributed by atoms with E-state index in [4.69, 9.17) is 8.85 Å². The van der Waals surface area contributed by atoms with E-state index in [1.807, 2.05) is 12.1 Å². The van der Waals surface area contributed by atoms with Gasteiger partial charge in [0.2, 0.25) is 0 Å². The smallest absolute Gasteiger partial charge is 0.256 e. The number of para-hydroxylation sites is 2. The van der Waals surface area contributed by atoms with Crippen LogP contribution in [0.4, 0.5) is 51.2 Å². The minimum absolute atomic E-state index is 0.128.